The van der Waals surface area contributed by atoms with Crippen LogP contribution in [0.4, 0.5) is 0 Å². The van der Waals surface area contributed by atoms with Gasteiger partial charge in [-0.25, -0.2) is 9.13 Å². The Hall–Kier alpha value is -3.79. The summed E-state index contributed by atoms with van der Waals surface area (Å²) < 4.78 is 61.0. The second-order valence-electron chi connectivity index (χ2n) is 24.0. The Morgan fingerprint density at radius 2 is 0.570 bits per heavy atom. The van der Waals surface area contributed by atoms with Crippen LogP contribution in [-0.4, -0.2) is 95.9 Å². The van der Waals surface area contributed by atoms with Gasteiger partial charge in [0.25, 0.3) is 0 Å². The first-order valence-corrected chi connectivity index (χ1v) is 39.2. The molecule has 0 fully saturated rings. The van der Waals surface area contributed by atoms with Gasteiger partial charge in [-0.2, -0.15) is 0 Å². The number of hydrogen-bond donors (Lipinski definition) is 4. The zero-order valence-corrected chi connectivity index (χ0v) is 59.9. The molecule has 16 nitrogen and oxygen atoms in total. The molecule has 0 aromatic heterocycles. The second-order valence-corrected chi connectivity index (χ2v) is 26.9. The van der Waals surface area contributed by atoms with Gasteiger partial charge in [-0.1, -0.05) is 252 Å². The fraction of sp³-hybridized carbons (Fsp3) is 0.720. The molecule has 0 saturated heterocycles. The lowest BCUT2D eigenvalue weighted by atomic mass is 10.1. The van der Waals surface area contributed by atoms with E-state index in [-0.39, 0.29) is 19.3 Å². The van der Waals surface area contributed by atoms with Crippen molar-refractivity contribution in [3.05, 3.63) is 109 Å². The van der Waals surface area contributed by atoms with Crippen molar-refractivity contribution < 1.29 is 75.8 Å². The highest BCUT2D eigenvalue weighted by Crippen LogP contribution is 2.45. The number of hydrogen-bond acceptors (Lipinski definition) is 14. The SMILES string of the molecule is CC/C=C\C/C=C\C/C=C\C/C=C\CCCCCCCCC(=O)OCC(COP(=O)(O)OCC(O)COP(=O)(O)OCC(O)COC(=O)CCCCCCCCC/C=C\C/C=C\C/C=C\C/C=C\CCCCC)OC(=O)CCCCCCC/C=C\CCCCCCCC. The Morgan fingerprint density at radius 1 is 0.312 bits per heavy atom. The Bertz CT molecular complexity index is 2130. The molecule has 0 bridgehead atoms. The molecular weight excluding hydrogens is 1220 g/mol. The number of carbonyl (C=O) groups is 3. The Kier molecular flexibility index (Phi) is 65.4. The zero-order valence-electron chi connectivity index (χ0n) is 58.1. The monoisotopic (exact) mass is 1350 g/mol. The van der Waals surface area contributed by atoms with E-state index in [1.807, 2.05) is 0 Å². The predicted octanol–water partition coefficient (Wildman–Crippen LogP) is 20.4. The van der Waals surface area contributed by atoms with Gasteiger partial charge in [0.2, 0.25) is 0 Å². The summed E-state index contributed by atoms with van der Waals surface area (Å²) in [5.41, 5.74) is 0. The van der Waals surface area contributed by atoms with Crippen molar-refractivity contribution in [1.29, 1.82) is 0 Å². The highest BCUT2D eigenvalue weighted by molar-refractivity contribution is 7.47. The maximum absolute atomic E-state index is 12.9. The molecule has 0 aromatic carbocycles. The van der Waals surface area contributed by atoms with Crippen molar-refractivity contribution in [1.82, 2.24) is 0 Å². The van der Waals surface area contributed by atoms with Gasteiger partial charge in [0, 0.05) is 19.3 Å². The molecule has 0 aliphatic heterocycles. The van der Waals surface area contributed by atoms with Crippen LogP contribution in [0.1, 0.15) is 290 Å². The molecule has 5 unspecified atom stereocenters. The average Bonchev–Trinajstić information content (AvgIpc) is 3.19. The molecule has 4 N–H and O–H groups in total. The molecule has 0 amide bonds. The minimum Gasteiger partial charge on any atom is -0.463 e. The molecule has 0 spiro atoms. The number of phosphoric acid groups is 2. The Labute approximate surface area is 564 Å². The summed E-state index contributed by atoms with van der Waals surface area (Å²) in [4.78, 5) is 58.5. The van der Waals surface area contributed by atoms with Crippen LogP contribution in [0.15, 0.2) is 109 Å². The van der Waals surface area contributed by atoms with E-state index in [4.69, 9.17) is 32.3 Å². The number of esters is 3. The number of phosphoric ester groups is 2. The summed E-state index contributed by atoms with van der Waals surface area (Å²) in [6.45, 7) is 2.50. The summed E-state index contributed by atoms with van der Waals surface area (Å²) >= 11 is 0. The van der Waals surface area contributed by atoms with E-state index < -0.39 is 91.5 Å². The third kappa shape index (κ3) is 69.4. The fourth-order valence-corrected chi connectivity index (χ4v) is 11.0. The van der Waals surface area contributed by atoms with Gasteiger partial charge >= 0.3 is 33.6 Å². The first-order chi connectivity index (χ1) is 45.2. The molecule has 0 aliphatic rings. The summed E-state index contributed by atoms with van der Waals surface area (Å²) in [5.74, 6) is -1.61. The lowest BCUT2D eigenvalue weighted by molar-refractivity contribution is -0.161. The van der Waals surface area contributed by atoms with Crippen molar-refractivity contribution in [2.24, 2.45) is 0 Å². The summed E-state index contributed by atoms with van der Waals surface area (Å²) in [5, 5.41) is 20.6. The third-order valence-corrected chi connectivity index (χ3v) is 16.9. The normalized spacial score (nSPS) is 14.8. The molecule has 0 aromatic rings. The molecule has 536 valence electrons. The number of allylic oxidation sites excluding steroid dienone is 18. The Morgan fingerprint density at radius 3 is 0.935 bits per heavy atom. The zero-order chi connectivity index (χ0) is 68.1. The lowest BCUT2D eigenvalue weighted by Gasteiger charge is -2.21. The van der Waals surface area contributed by atoms with Crippen LogP contribution in [0.5, 0.6) is 0 Å². The number of aliphatic hydroxyl groups excluding tert-OH is 2. The van der Waals surface area contributed by atoms with E-state index in [2.05, 4.69) is 130 Å². The first-order valence-electron chi connectivity index (χ1n) is 36.2. The quantitative estimate of drug-likeness (QED) is 0.0146. The van der Waals surface area contributed by atoms with E-state index >= 15 is 0 Å². The van der Waals surface area contributed by atoms with Crippen molar-refractivity contribution in [3.8, 4) is 0 Å². The fourth-order valence-electron chi connectivity index (χ4n) is 9.42. The standard InChI is InChI=1S/C75H130O16P2/c1-4-7-10-13-16-19-22-25-28-30-32-33-34-35-37-39-41-43-46-49-52-55-58-61-73(78)85-64-70(76)65-87-92(81,82)88-66-71(77)67-89-93(83,84)90-69-72(91-75(80)63-60-57-54-51-48-45-40-27-24-21-18-15-12-9-6-3)68-86-74(79)62-59-56-53-50-47-44-42-38-36-31-29-26-23-20-17-14-11-8-5-2/h8,11,16-17,19-20,25-29,32-33,35-38,40,70-72,76-77H,4-7,9-10,12-15,18,21-24,30-31,34,39,41-69H2,1-3H3,(H,81,82)(H,83,84)/b11-8-,19-16-,20-17-,28-25-,29-26-,33-32-,37-35-,38-36-,40-27-. The van der Waals surface area contributed by atoms with E-state index in [0.29, 0.717) is 19.3 Å². The number of rotatable bonds is 68. The van der Waals surface area contributed by atoms with Crippen LogP contribution >= 0.6 is 15.6 Å². The number of unbranched alkanes of at least 4 members (excludes halogenated alkanes) is 27. The first kappa shape index (κ1) is 89.2. The molecule has 0 heterocycles. The van der Waals surface area contributed by atoms with Crippen molar-refractivity contribution >= 4 is 33.6 Å². The third-order valence-electron chi connectivity index (χ3n) is 15.0. The van der Waals surface area contributed by atoms with Crippen LogP contribution in [0.2, 0.25) is 0 Å². The highest BCUT2D eigenvalue weighted by atomic mass is 31.2. The summed E-state index contributed by atoms with van der Waals surface area (Å²) in [6.07, 6.45) is 77.0. The van der Waals surface area contributed by atoms with Gasteiger partial charge in [0.15, 0.2) is 6.10 Å². The summed E-state index contributed by atoms with van der Waals surface area (Å²) in [6, 6.07) is 0. The summed E-state index contributed by atoms with van der Waals surface area (Å²) in [7, 11) is -9.79. The largest absolute Gasteiger partial charge is 0.472 e. The number of ether oxygens (including phenoxy) is 3. The molecule has 5 atom stereocenters. The van der Waals surface area contributed by atoms with Gasteiger partial charge in [-0.15, -0.1) is 0 Å². The molecule has 0 radical (unpaired) electrons. The van der Waals surface area contributed by atoms with Gasteiger partial charge in [-0.3, -0.25) is 32.5 Å². The lowest BCUT2D eigenvalue weighted by Crippen LogP contribution is -2.30. The maximum atomic E-state index is 12.9. The average molecular weight is 1350 g/mol. The predicted molar refractivity (Wildman–Crippen MR) is 380 cm³/mol. The van der Waals surface area contributed by atoms with Gasteiger partial charge < -0.3 is 34.2 Å². The second kappa shape index (κ2) is 68.2. The van der Waals surface area contributed by atoms with Crippen LogP contribution in [0.3, 0.4) is 0 Å². The smallest absolute Gasteiger partial charge is 0.463 e. The topological polar surface area (TPSA) is 231 Å². The van der Waals surface area contributed by atoms with E-state index in [0.717, 1.165) is 167 Å². The molecule has 18 heteroatoms. The molecule has 0 saturated carbocycles. The maximum Gasteiger partial charge on any atom is 0.472 e. The van der Waals surface area contributed by atoms with E-state index in [1.54, 1.807) is 0 Å². The molecule has 93 heavy (non-hydrogen) atoms. The van der Waals surface area contributed by atoms with Gasteiger partial charge in [-0.05, 0) is 128 Å². The van der Waals surface area contributed by atoms with E-state index in [9.17, 15) is 43.5 Å². The van der Waals surface area contributed by atoms with Crippen LogP contribution in [0.25, 0.3) is 0 Å². The minimum absolute atomic E-state index is 0.0898. The van der Waals surface area contributed by atoms with E-state index in [1.165, 1.54) is 64.2 Å². The highest BCUT2D eigenvalue weighted by Gasteiger charge is 2.29. The van der Waals surface area contributed by atoms with Crippen LogP contribution in [-0.2, 0) is 55.8 Å². The van der Waals surface area contributed by atoms with Gasteiger partial charge in [0.05, 0.1) is 26.4 Å². The van der Waals surface area contributed by atoms with Crippen LogP contribution in [0, 0.1) is 0 Å². The molecular formula is C75H130O16P2. The van der Waals surface area contributed by atoms with Crippen molar-refractivity contribution in [2.75, 3.05) is 39.6 Å². The van der Waals surface area contributed by atoms with Crippen molar-refractivity contribution in [2.45, 2.75) is 309 Å². The van der Waals surface area contributed by atoms with Crippen LogP contribution < -0.4 is 0 Å². The van der Waals surface area contributed by atoms with Gasteiger partial charge in [0.1, 0.15) is 25.4 Å². The Balaban J connectivity index is 4.65. The molecule has 0 aliphatic carbocycles. The molecule has 0 rings (SSSR count). The van der Waals surface area contributed by atoms with Crippen molar-refractivity contribution in [3.63, 3.8) is 0 Å². The number of carbonyl (C=O) groups excluding carboxylic acids is 3. The number of aliphatic hydroxyl groups is 2. The minimum atomic E-state index is -4.93.